The smallest absolute Gasteiger partial charge is 1.00 e. The molecule has 0 spiro atoms. The number of rotatable bonds is 0. The van der Waals surface area contributed by atoms with E-state index >= 15 is 0 Å². The molecular weight excluding hydrogens is 109 g/mol. The monoisotopic (exact) mass is 118 g/mol. The standard InChI is InChI=1S/C2H6O.3Na.3H/c1-2-3;;;;;;/h3H,2H2,1H3;;;;;;/q;3*+1;3*-1. The summed E-state index contributed by atoms with van der Waals surface area (Å²) < 4.78 is 0. The van der Waals surface area contributed by atoms with Gasteiger partial charge < -0.3 is 9.39 Å². The minimum atomic E-state index is 0. The van der Waals surface area contributed by atoms with Crippen LogP contribution in [0.4, 0.5) is 0 Å². The van der Waals surface area contributed by atoms with Crippen molar-refractivity contribution in [3.05, 3.63) is 0 Å². The van der Waals surface area contributed by atoms with E-state index in [0.29, 0.717) is 0 Å². The van der Waals surface area contributed by atoms with Crippen LogP contribution in [0.3, 0.4) is 0 Å². The molecule has 0 aromatic carbocycles. The minimum Gasteiger partial charge on any atom is -1.00 e. The van der Waals surface area contributed by atoms with Crippen LogP contribution in [0.25, 0.3) is 0 Å². The molecule has 0 atom stereocenters. The van der Waals surface area contributed by atoms with E-state index in [1.807, 2.05) is 0 Å². The van der Waals surface area contributed by atoms with Crippen LogP contribution < -0.4 is 88.7 Å². The quantitative estimate of drug-likeness (QED) is 0.313. The van der Waals surface area contributed by atoms with Gasteiger partial charge in [-0.15, -0.1) is 0 Å². The normalized spacial score (nSPS) is 3.00. The third kappa shape index (κ3) is 28.2. The van der Waals surface area contributed by atoms with Gasteiger partial charge in [0.25, 0.3) is 0 Å². The molecule has 1 N–H and O–H groups in total. The van der Waals surface area contributed by atoms with E-state index < -0.39 is 0 Å². The molecule has 0 aromatic rings. The van der Waals surface area contributed by atoms with Crippen molar-refractivity contribution in [2.75, 3.05) is 6.61 Å². The first-order valence-corrected chi connectivity index (χ1v) is 1.02. The molecule has 0 aliphatic carbocycles. The van der Waals surface area contributed by atoms with Crippen LogP contribution in [0.1, 0.15) is 11.2 Å². The Balaban J connectivity index is -0.00000000133. The second kappa shape index (κ2) is 24.6. The molecule has 0 bridgehead atoms. The number of hydrogen-bond donors (Lipinski definition) is 1. The Morgan fingerprint density at radius 2 is 1.33 bits per heavy atom. The number of aliphatic hydroxyl groups excluding tert-OH is 1. The van der Waals surface area contributed by atoms with Crippen LogP contribution in [-0.4, -0.2) is 11.7 Å². The van der Waals surface area contributed by atoms with E-state index in [9.17, 15) is 0 Å². The Kier molecular flexibility index (Phi) is 94.6. The first kappa shape index (κ1) is 23.1. The second-order valence-electron chi connectivity index (χ2n) is 0.316. The van der Waals surface area contributed by atoms with Gasteiger partial charge in [-0.05, 0) is 6.92 Å². The summed E-state index contributed by atoms with van der Waals surface area (Å²) in [7, 11) is 0. The first-order chi connectivity index (χ1) is 1.41. The fourth-order valence-corrected chi connectivity index (χ4v) is 0. The van der Waals surface area contributed by atoms with E-state index in [1.165, 1.54) is 0 Å². The van der Waals surface area contributed by atoms with Crippen molar-refractivity contribution in [3.63, 3.8) is 0 Å². The molecule has 0 saturated heterocycles. The maximum atomic E-state index is 7.57. The molecule has 0 unspecified atom stereocenters. The third-order valence-electron chi connectivity index (χ3n) is 0. The maximum absolute atomic E-state index is 7.57. The molecule has 26 valence electrons. The van der Waals surface area contributed by atoms with Gasteiger partial charge in [0.15, 0.2) is 0 Å². The van der Waals surface area contributed by atoms with Gasteiger partial charge in [0.2, 0.25) is 0 Å². The molecule has 0 aliphatic rings. The number of hydrogen-bond acceptors (Lipinski definition) is 1. The molecule has 0 radical (unpaired) electrons. The molecule has 4 heteroatoms. The van der Waals surface area contributed by atoms with Crippen LogP contribution in [0.15, 0.2) is 0 Å². The van der Waals surface area contributed by atoms with Crippen molar-refractivity contribution < 1.29 is 98.1 Å². The summed E-state index contributed by atoms with van der Waals surface area (Å²) in [5.74, 6) is 0. The summed E-state index contributed by atoms with van der Waals surface area (Å²) >= 11 is 0. The van der Waals surface area contributed by atoms with E-state index in [0.717, 1.165) is 0 Å². The van der Waals surface area contributed by atoms with Gasteiger partial charge in [-0.25, -0.2) is 0 Å². The van der Waals surface area contributed by atoms with Gasteiger partial charge in [0.1, 0.15) is 0 Å². The Morgan fingerprint density at radius 1 is 1.33 bits per heavy atom. The van der Waals surface area contributed by atoms with Crippen LogP contribution in [-0.2, 0) is 0 Å². The average Bonchev–Trinajstić information content (AvgIpc) is 0.918. The van der Waals surface area contributed by atoms with Crippen LogP contribution in [0.5, 0.6) is 0 Å². The van der Waals surface area contributed by atoms with E-state index in [4.69, 9.17) is 5.11 Å². The zero-order valence-corrected chi connectivity index (χ0v) is 11.2. The molecule has 0 amide bonds. The summed E-state index contributed by atoms with van der Waals surface area (Å²) in [6.45, 7) is 1.93. The Morgan fingerprint density at radius 3 is 1.33 bits per heavy atom. The maximum Gasteiger partial charge on any atom is 1.00 e. The molecule has 1 nitrogen and oxygen atoms in total. The first-order valence-electron chi connectivity index (χ1n) is 1.02. The molecule has 0 rings (SSSR count). The molecular formula is C2H9Na3O. The van der Waals surface area contributed by atoms with E-state index in [1.54, 1.807) is 6.92 Å². The topological polar surface area (TPSA) is 20.2 Å². The fourth-order valence-electron chi connectivity index (χ4n) is 0. The fraction of sp³-hybridized carbons (Fsp3) is 1.00. The molecule has 6 heavy (non-hydrogen) atoms. The summed E-state index contributed by atoms with van der Waals surface area (Å²) in [6.07, 6.45) is 0. The van der Waals surface area contributed by atoms with Gasteiger partial charge in [-0.2, -0.15) is 0 Å². The summed E-state index contributed by atoms with van der Waals surface area (Å²) in [5.41, 5.74) is 0. The summed E-state index contributed by atoms with van der Waals surface area (Å²) in [5, 5.41) is 7.57. The largest absolute Gasteiger partial charge is 1.00 e. The van der Waals surface area contributed by atoms with E-state index in [-0.39, 0.29) is 99.6 Å². The summed E-state index contributed by atoms with van der Waals surface area (Å²) in [4.78, 5) is 0. The second-order valence-corrected chi connectivity index (χ2v) is 0.316. The predicted molar refractivity (Wildman–Crippen MR) is 16.1 cm³/mol. The molecule has 0 saturated carbocycles. The SMILES string of the molecule is CCO.[H-].[H-].[H-].[Na+].[Na+].[Na+]. The predicted octanol–water partition coefficient (Wildman–Crippen LogP) is -8.65. The zero-order valence-electron chi connectivity index (χ0n) is 8.15. The van der Waals surface area contributed by atoms with Gasteiger partial charge in [0, 0.05) is 6.61 Å². The summed E-state index contributed by atoms with van der Waals surface area (Å²) in [6, 6.07) is 0. The Bertz CT molecular complexity index is 17.0. The van der Waals surface area contributed by atoms with Crippen molar-refractivity contribution >= 4 is 0 Å². The van der Waals surface area contributed by atoms with E-state index in [2.05, 4.69) is 0 Å². The van der Waals surface area contributed by atoms with Crippen molar-refractivity contribution in [1.82, 2.24) is 0 Å². The molecule has 0 aliphatic heterocycles. The molecule has 0 fully saturated rings. The Labute approximate surface area is 110 Å². The van der Waals surface area contributed by atoms with Gasteiger partial charge in [0.05, 0.1) is 0 Å². The minimum absolute atomic E-state index is 0. The van der Waals surface area contributed by atoms with Crippen LogP contribution in [0.2, 0.25) is 0 Å². The van der Waals surface area contributed by atoms with Crippen molar-refractivity contribution in [2.45, 2.75) is 6.92 Å². The van der Waals surface area contributed by atoms with Crippen LogP contribution >= 0.6 is 0 Å². The van der Waals surface area contributed by atoms with Gasteiger partial charge >= 0.3 is 88.7 Å². The average molecular weight is 118 g/mol. The number of aliphatic hydroxyl groups is 1. The zero-order chi connectivity index (χ0) is 2.71. The van der Waals surface area contributed by atoms with Gasteiger partial charge in [-0.1, -0.05) is 0 Å². The van der Waals surface area contributed by atoms with Crippen LogP contribution in [0, 0.1) is 0 Å². The third-order valence-corrected chi connectivity index (χ3v) is 0. The van der Waals surface area contributed by atoms with Gasteiger partial charge in [-0.3, -0.25) is 0 Å². The molecule has 0 heterocycles. The molecule has 0 aromatic heterocycles. The van der Waals surface area contributed by atoms with Crippen molar-refractivity contribution in [2.24, 2.45) is 0 Å². The Hall–Kier alpha value is 2.96. The van der Waals surface area contributed by atoms with Crippen molar-refractivity contribution in [1.29, 1.82) is 0 Å². The van der Waals surface area contributed by atoms with Crippen molar-refractivity contribution in [3.8, 4) is 0 Å².